The molecule has 0 unspecified atom stereocenters. The van der Waals surface area contributed by atoms with Crippen LogP contribution in [0.4, 0.5) is 0 Å². The zero-order chi connectivity index (χ0) is 12.4. The summed E-state index contributed by atoms with van der Waals surface area (Å²) >= 11 is 0. The van der Waals surface area contributed by atoms with Crippen LogP contribution in [0.5, 0.6) is 5.75 Å². The summed E-state index contributed by atoms with van der Waals surface area (Å²) in [4.78, 5) is 4.12. The number of ether oxygens (including phenoxy) is 1. The molecular weight excluding hydrogens is 230 g/mol. The molecule has 5 heteroatoms. The zero-order valence-electron chi connectivity index (χ0n) is 9.83. The smallest absolute Gasteiger partial charge is 0.182 e. The minimum Gasteiger partial charge on any atom is -0.485 e. The Hall–Kier alpha value is -2.43. The lowest BCUT2D eigenvalue weighted by molar-refractivity contribution is 0.303. The van der Waals surface area contributed by atoms with Gasteiger partial charge in [-0.2, -0.15) is 10.2 Å². The van der Waals surface area contributed by atoms with E-state index in [0.29, 0.717) is 17.9 Å². The number of aryl methyl sites for hydroxylation is 1. The van der Waals surface area contributed by atoms with Gasteiger partial charge in [-0.1, -0.05) is 6.07 Å². The second-order valence-electron chi connectivity index (χ2n) is 3.91. The van der Waals surface area contributed by atoms with Crippen molar-refractivity contribution in [1.29, 1.82) is 0 Å². The van der Waals surface area contributed by atoms with E-state index >= 15 is 0 Å². The first-order chi connectivity index (χ1) is 8.83. The topological polar surface area (TPSA) is 61.0 Å². The van der Waals surface area contributed by atoms with Crippen molar-refractivity contribution >= 4 is 11.1 Å². The first-order valence-corrected chi connectivity index (χ1v) is 5.57. The lowest BCUT2D eigenvalue weighted by Gasteiger charge is -2.05. The number of oxazole rings is 1. The van der Waals surface area contributed by atoms with Gasteiger partial charge in [0.1, 0.15) is 18.1 Å². The van der Waals surface area contributed by atoms with Crippen LogP contribution in [0.3, 0.4) is 0 Å². The molecule has 0 atom stereocenters. The lowest BCUT2D eigenvalue weighted by Crippen LogP contribution is -2.00. The fourth-order valence-corrected chi connectivity index (χ4v) is 1.63. The Bertz CT molecular complexity index is 661. The molecule has 0 bridgehead atoms. The molecule has 3 aromatic rings. The van der Waals surface area contributed by atoms with Gasteiger partial charge in [-0.15, -0.1) is 0 Å². The van der Waals surface area contributed by atoms with Gasteiger partial charge in [-0.05, 0) is 31.2 Å². The van der Waals surface area contributed by atoms with Gasteiger partial charge in [0, 0.05) is 0 Å². The first-order valence-electron chi connectivity index (χ1n) is 5.57. The molecule has 5 nitrogen and oxygen atoms in total. The number of hydrogen-bond acceptors (Lipinski definition) is 5. The van der Waals surface area contributed by atoms with Gasteiger partial charge in [0.05, 0.1) is 5.69 Å². The van der Waals surface area contributed by atoms with Crippen molar-refractivity contribution in [2.24, 2.45) is 0 Å². The molecule has 0 spiro atoms. The number of hydrogen-bond donors (Lipinski definition) is 0. The van der Waals surface area contributed by atoms with Gasteiger partial charge in [0.2, 0.25) is 0 Å². The van der Waals surface area contributed by atoms with Crippen LogP contribution >= 0.6 is 0 Å². The molecule has 90 valence electrons. The normalized spacial score (nSPS) is 10.7. The van der Waals surface area contributed by atoms with Crippen molar-refractivity contribution in [2.45, 2.75) is 13.5 Å². The van der Waals surface area contributed by atoms with Crippen molar-refractivity contribution < 1.29 is 9.15 Å². The molecule has 0 saturated heterocycles. The number of fused-ring (bicyclic) bond motifs is 1. The molecule has 3 rings (SSSR count). The molecule has 0 aliphatic heterocycles. The van der Waals surface area contributed by atoms with E-state index in [1.807, 2.05) is 37.3 Å². The minimum absolute atomic E-state index is 0.360. The molecular formula is C13H11N3O2. The standard InChI is InChI=1S/C13H11N3O2/c1-9-5-6-10(16-15-9)7-17-11-3-2-4-12-13(11)14-8-18-12/h2-6,8H,7H2,1H3. The van der Waals surface area contributed by atoms with Crippen molar-refractivity contribution in [3.63, 3.8) is 0 Å². The molecule has 0 N–H and O–H groups in total. The van der Waals surface area contributed by atoms with Crippen LogP contribution in [0.1, 0.15) is 11.4 Å². The van der Waals surface area contributed by atoms with Gasteiger partial charge in [-0.25, -0.2) is 4.98 Å². The monoisotopic (exact) mass is 241 g/mol. The molecule has 1 aromatic carbocycles. The quantitative estimate of drug-likeness (QED) is 0.705. The van der Waals surface area contributed by atoms with E-state index in [1.54, 1.807) is 0 Å². The van der Waals surface area contributed by atoms with Gasteiger partial charge in [-0.3, -0.25) is 0 Å². The molecule has 0 amide bonds. The summed E-state index contributed by atoms with van der Waals surface area (Å²) in [5.74, 6) is 0.684. The van der Waals surface area contributed by atoms with E-state index in [-0.39, 0.29) is 0 Å². The minimum atomic E-state index is 0.360. The number of benzene rings is 1. The summed E-state index contributed by atoms with van der Waals surface area (Å²) in [6, 6.07) is 9.37. The molecule has 2 heterocycles. The zero-order valence-corrected chi connectivity index (χ0v) is 9.83. The average molecular weight is 241 g/mol. The van der Waals surface area contributed by atoms with Gasteiger partial charge < -0.3 is 9.15 Å². The summed E-state index contributed by atoms with van der Waals surface area (Å²) in [7, 11) is 0. The van der Waals surface area contributed by atoms with Crippen LogP contribution in [0, 0.1) is 6.92 Å². The molecule has 0 radical (unpaired) electrons. The largest absolute Gasteiger partial charge is 0.485 e. The molecule has 2 aromatic heterocycles. The van der Waals surface area contributed by atoms with E-state index in [4.69, 9.17) is 9.15 Å². The second kappa shape index (κ2) is 4.44. The molecule has 0 aliphatic carbocycles. The highest BCUT2D eigenvalue weighted by molar-refractivity contribution is 5.79. The average Bonchev–Trinajstić information content (AvgIpc) is 2.87. The van der Waals surface area contributed by atoms with Crippen LogP contribution in [0.15, 0.2) is 41.1 Å². The maximum atomic E-state index is 5.68. The number of para-hydroxylation sites is 1. The molecule has 0 fully saturated rings. The van der Waals surface area contributed by atoms with Crippen molar-refractivity contribution in [1.82, 2.24) is 15.2 Å². The maximum Gasteiger partial charge on any atom is 0.182 e. The third kappa shape index (κ3) is 2.02. The summed E-state index contributed by atoms with van der Waals surface area (Å²) in [5.41, 5.74) is 3.10. The highest BCUT2D eigenvalue weighted by atomic mass is 16.5. The van der Waals surface area contributed by atoms with Gasteiger partial charge in [0.25, 0.3) is 0 Å². The van der Waals surface area contributed by atoms with E-state index in [9.17, 15) is 0 Å². The summed E-state index contributed by atoms with van der Waals surface area (Å²) in [6.07, 6.45) is 1.41. The molecule has 0 saturated carbocycles. The van der Waals surface area contributed by atoms with E-state index in [2.05, 4.69) is 15.2 Å². The van der Waals surface area contributed by atoms with E-state index in [0.717, 1.165) is 16.9 Å². The number of nitrogens with zero attached hydrogens (tertiary/aromatic N) is 3. The second-order valence-corrected chi connectivity index (χ2v) is 3.91. The molecule has 0 aliphatic rings. The Kier molecular flexibility index (Phi) is 2.64. The van der Waals surface area contributed by atoms with Crippen LogP contribution in [0.25, 0.3) is 11.1 Å². The third-order valence-electron chi connectivity index (χ3n) is 2.55. The Balaban J connectivity index is 1.80. The predicted molar refractivity (Wildman–Crippen MR) is 65.1 cm³/mol. The fourth-order valence-electron chi connectivity index (χ4n) is 1.63. The SMILES string of the molecule is Cc1ccc(COc2cccc3ocnc23)nn1. The van der Waals surface area contributed by atoms with Crippen molar-refractivity contribution in [3.8, 4) is 5.75 Å². The maximum absolute atomic E-state index is 5.68. The van der Waals surface area contributed by atoms with Crippen LogP contribution < -0.4 is 4.74 Å². The number of aromatic nitrogens is 3. The Labute approximate surface area is 103 Å². The van der Waals surface area contributed by atoms with Crippen LogP contribution in [0.2, 0.25) is 0 Å². The number of rotatable bonds is 3. The van der Waals surface area contributed by atoms with Crippen molar-refractivity contribution in [2.75, 3.05) is 0 Å². The van der Waals surface area contributed by atoms with Crippen molar-refractivity contribution in [3.05, 3.63) is 48.1 Å². The third-order valence-corrected chi connectivity index (χ3v) is 2.55. The van der Waals surface area contributed by atoms with E-state index < -0.39 is 0 Å². The summed E-state index contributed by atoms with van der Waals surface area (Å²) in [5, 5.41) is 8.02. The molecule has 18 heavy (non-hydrogen) atoms. The lowest BCUT2D eigenvalue weighted by atomic mass is 10.3. The first kappa shape index (κ1) is 10.7. The summed E-state index contributed by atoms with van der Waals surface area (Å²) in [6.45, 7) is 2.26. The Morgan fingerprint density at radius 3 is 2.94 bits per heavy atom. The van der Waals surface area contributed by atoms with Crippen LogP contribution in [-0.4, -0.2) is 15.2 Å². The predicted octanol–water partition coefficient (Wildman–Crippen LogP) is 2.51. The fraction of sp³-hybridized carbons (Fsp3) is 0.154. The Morgan fingerprint density at radius 1 is 1.17 bits per heavy atom. The Morgan fingerprint density at radius 2 is 2.11 bits per heavy atom. The highest BCUT2D eigenvalue weighted by Crippen LogP contribution is 2.24. The van der Waals surface area contributed by atoms with Gasteiger partial charge in [0.15, 0.2) is 17.5 Å². The van der Waals surface area contributed by atoms with Crippen LogP contribution in [-0.2, 0) is 6.61 Å². The van der Waals surface area contributed by atoms with E-state index in [1.165, 1.54) is 6.39 Å². The summed E-state index contributed by atoms with van der Waals surface area (Å²) < 4.78 is 10.9. The van der Waals surface area contributed by atoms with Gasteiger partial charge >= 0.3 is 0 Å². The highest BCUT2D eigenvalue weighted by Gasteiger charge is 2.06.